The summed E-state index contributed by atoms with van der Waals surface area (Å²) in [4.78, 5) is 48.5. The van der Waals surface area contributed by atoms with Gasteiger partial charge in [0.15, 0.2) is 0 Å². The lowest BCUT2D eigenvalue weighted by molar-refractivity contribution is -0.168. The van der Waals surface area contributed by atoms with Crippen molar-refractivity contribution >= 4 is 46.1 Å². The Morgan fingerprint density at radius 3 is 2.36 bits per heavy atom. The van der Waals surface area contributed by atoms with E-state index in [1.165, 1.54) is 11.8 Å². The average Bonchev–Trinajstić information content (AvgIpc) is 3.30. The Morgan fingerprint density at radius 2 is 1.70 bits per heavy atom. The van der Waals surface area contributed by atoms with E-state index in [1.54, 1.807) is 50.4 Å². The number of anilines is 2. The van der Waals surface area contributed by atoms with Crippen molar-refractivity contribution in [2.24, 2.45) is 7.05 Å². The number of pyridine rings is 1. The first-order valence-electron chi connectivity index (χ1n) is 14.3. The Labute approximate surface area is 256 Å². The lowest BCUT2D eigenvalue weighted by Gasteiger charge is -2.22. The van der Waals surface area contributed by atoms with Crippen LogP contribution in [0, 0.1) is 0 Å². The van der Waals surface area contributed by atoms with E-state index >= 15 is 0 Å². The van der Waals surface area contributed by atoms with Crippen molar-refractivity contribution in [1.29, 1.82) is 0 Å². The predicted molar refractivity (Wildman–Crippen MR) is 168 cm³/mol. The third-order valence-electron chi connectivity index (χ3n) is 6.65. The first-order valence-corrected chi connectivity index (χ1v) is 14.3. The Balaban J connectivity index is 1.46. The molecule has 230 valence electrons. The minimum atomic E-state index is -1.15. The maximum Gasteiger partial charge on any atom is 0.511 e. The molecule has 0 spiro atoms. The van der Waals surface area contributed by atoms with Crippen LogP contribution in [0.1, 0.15) is 55.9 Å². The Kier molecular flexibility index (Phi) is 10.3. The minimum absolute atomic E-state index is 0.0164. The van der Waals surface area contributed by atoms with Gasteiger partial charge in [-0.25, -0.2) is 14.8 Å². The molecule has 1 unspecified atom stereocenters. The molecule has 0 saturated carbocycles. The number of carbonyl (C=O) groups excluding carboxylic acids is 3. The van der Waals surface area contributed by atoms with Crippen LogP contribution < -0.4 is 10.2 Å². The molecule has 11 heteroatoms. The van der Waals surface area contributed by atoms with Crippen molar-refractivity contribution in [3.63, 3.8) is 0 Å². The van der Waals surface area contributed by atoms with Crippen LogP contribution in [0.15, 0.2) is 73.4 Å². The topological polar surface area (TPSA) is 125 Å². The molecule has 11 nitrogen and oxygen atoms in total. The maximum atomic E-state index is 13.7. The van der Waals surface area contributed by atoms with Gasteiger partial charge in [0.05, 0.1) is 30.1 Å². The normalized spacial score (nSPS) is 11.6. The van der Waals surface area contributed by atoms with Crippen LogP contribution in [0.25, 0.3) is 16.6 Å². The van der Waals surface area contributed by atoms with Gasteiger partial charge < -0.3 is 24.1 Å². The number of benzene rings is 2. The molecule has 44 heavy (non-hydrogen) atoms. The number of imidazole rings is 1. The molecule has 1 amide bonds. The molecule has 2 aromatic carbocycles. The summed E-state index contributed by atoms with van der Waals surface area (Å²) in [6, 6.07) is 18.5. The number of nitrogens with zero attached hydrogens (tertiary/aromatic N) is 4. The fourth-order valence-corrected chi connectivity index (χ4v) is 4.41. The zero-order valence-electron chi connectivity index (χ0n) is 25.6. The number of esters is 1. The van der Waals surface area contributed by atoms with Gasteiger partial charge in [0, 0.05) is 38.0 Å². The summed E-state index contributed by atoms with van der Waals surface area (Å²) in [5.74, 6) is 0.159. The summed E-state index contributed by atoms with van der Waals surface area (Å²) in [6.45, 7) is 11.2. The van der Waals surface area contributed by atoms with E-state index in [2.05, 4.69) is 16.9 Å². The van der Waals surface area contributed by atoms with E-state index in [4.69, 9.17) is 19.2 Å². The lowest BCUT2D eigenvalue weighted by Crippen LogP contribution is -2.34. The van der Waals surface area contributed by atoms with Gasteiger partial charge in [-0.1, -0.05) is 30.4 Å². The maximum absolute atomic E-state index is 13.7. The monoisotopic (exact) mass is 599 g/mol. The molecule has 2 aromatic heterocycles. The standard InChI is InChI=1S/C33H37N5O6/c1-21(2)24-10-13-26(14-11-24)35-20-30-36-27-19-25(12-15-28(27)37(30)6)32(40)38(29-9-7-8-17-34-29)18-16-31(39)43-23(5)44-33(41)42-22(3)4/h7-15,17,19,22-23,35H,1,16,18,20H2,2-6H3. The van der Waals surface area contributed by atoms with Crippen molar-refractivity contribution in [3.8, 4) is 0 Å². The molecular weight excluding hydrogens is 562 g/mol. The van der Waals surface area contributed by atoms with Crippen molar-refractivity contribution in [1.82, 2.24) is 14.5 Å². The first-order chi connectivity index (χ1) is 21.0. The van der Waals surface area contributed by atoms with Crippen molar-refractivity contribution in [2.45, 2.75) is 53.1 Å². The quantitative estimate of drug-likeness (QED) is 0.152. The second-order valence-electron chi connectivity index (χ2n) is 10.5. The summed E-state index contributed by atoms with van der Waals surface area (Å²) in [7, 11) is 1.93. The fourth-order valence-electron chi connectivity index (χ4n) is 4.41. The number of amides is 1. The van der Waals surface area contributed by atoms with E-state index in [9.17, 15) is 14.4 Å². The van der Waals surface area contributed by atoms with E-state index in [-0.39, 0.29) is 25.0 Å². The summed E-state index contributed by atoms with van der Waals surface area (Å²) in [5.41, 5.74) is 4.96. The van der Waals surface area contributed by atoms with Gasteiger partial charge in [-0.15, -0.1) is 0 Å². The summed E-state index contributed by atoms with van der Waals surface area (Å²) in [5, 5.41) is 3.39. The zero-order valence-corrected chi connectivity index (χ0v) is 25.6. The second kappa shape index (κ2) is 14.3. The Bertz CT molecular complexity index is 1630. The second-order valence-corrected chi connectivity index (χ2v) is 10.5. The Hall–Kier alpha value is -5.19. The number of hydrogen-bond acceptors (Lipinski definition) is 9. The summed E-state index contributed by atoms with van der Waals surface area (Å²) >= 11 is 0. The van der Waals surface area contributed by atoms with Gasteiger partial charge in [0.1, 0.15) is 11.6 Å². The molecule has 1 N–H and O–H groups in total. The number of hydrogen-bond donors (Lipinski definition) is 1. The highest BCUT2D eigenvalue weighted by Crippen LogP contribution is 2.22. The number of carbonyl (C=O) groups is 3. The van der Waals surface area contributed by atoms with Crippen LogP contribution in [0.2, 0.25) is 0 Å². The molecule has 4 aromatic rings. The van der Waals surface area contributed by atoms with Crippen molar-refractivity contribution in [3.05, 3.63) is 90.4 Å². The van der Waals surface area contributed by atoms with E-state index in [1.807, 2.05) is 48.9 Å². The van der Waals surface area contributed by atoms with Gasteiger partial charge in [-0.2, -0.15) is 0 Å². The molecule has 0 fully saturated rings. The molecular formula is C33H37N5O6. The van der Waals surface area contributed by atoms with E-state index < -0.39 is 18.4 Å². The Morgan fingerprint density at radius 1 is 0.977 bits per heavy atom. The van der Waals surface area contributed by atoms with Crippen LogP contribution in [-0.4, -0.2) is 51.5 Å². The highest BCUT2D eigenvalue weighted by atomic mass is 16.8. The third kappa shape index (κ3) is 8.21. The van der Waals surface area contributed by atoms with Crippen molar-refractivity contribution < 1.29 is 28.6 Å². The van der Waals surface area contributed by atoms with Crippen LogP contribution in [0.5, 0.6) is 0 Å². The number of aryl methyl sites for hydroxylation is 1. The van der Waals surface area contributed by atoms with Gasteiger partial charge in [0.25, 0.3) is 5.91 Å². The first kappa shape index (κ1) is 31.7. The molecule has 1 atom stereocenters. The van der Waals surface area contributed by atoms with E-state index in [0.29, 0.717) is 23.4 Å². The molecule has 0 saturated heterocycles. The summed E-state index contributed by atoms with van der Waals surface area (Å²) in [6.07, 6.45) is -1.06. The smallest absolute Gasteiger partial charge is 0.431 e. The van der Waals surface area contributed by atoms with Crippen LogP contribution >= 0.6 is 0 Å². The van der Waals surface area contributed by atoms with Gasteiger partial charge >= 0.3 is 12.1 Å². The molecule has 0 bridgehead atoms. The molecule has 0 aliphatic rings. The predicted octanol–water partition coefficient (Wildman–Crippen LogP) is 6.10. The highest BCUT2D eigenvalue weighted by molar-refractivity contribution is 6.07. The summed E-state index contributed by atoms with van der Waals surface area (Å²) < 4.78 is 17.0. The zero-order chi connectivity index (χ0) is 31.8. The van der Waals surface area contributed by atoms with E-state index in [0.717, 1.165) is 28.2 Å². The highest BCUT2D eigenvalue weighted by Gasteiger charge is 2.23. The number of aromatic nitrogens is 3. The fraction of sp³-hybridized carbons (Fsp3) is 0.303. The molecule has 0 aliphatic carbocycles. The average molecular weight is 600 g/mol. The van der Waals surface area contributed by atoms with Gasteiger partial charge in [-0.3, -0.25) is 14.5 Å². The number of fused-ring (bicyclic) bond motifs is 1. The lowest BCUT2D eigenvalue weighted by atomic mass is 10.1. The number of nitrogens with one attached hydrogen (secondary N) is 1. The van der Waals surface area contributed by atoms with Crippen molar-refractivity contribution in [2.75, 3.05) is 16.8 Å². The molecule has 4 rings (SSSR count). The molecule has 0 aliphatic heterocycles. The van der Waals surface area contributed by atoms with Crippen LogP contribution in [-0.2, 0) is 32.6 Å². The van der Waals surface area contributed by atoms with Crippen LogP contribution in [0.4, 0.5) is 16.3 Å². The molecule has 0 radical (unpaired) electrons. The number of rotatable bonds is 12. The number of allylic oxidation sites excluding steroid dienone is 1. The van der Waals surface area contributed by atoms with Gasteiger partial charge in [-0.05, 0) is 68.8 Å². The van der Waals surface area contributed by atoms with Gasteiger partial charge in [0.2, 0.25) is 6.29 Å². The third-order valence-corrected chi connectivity index (χ3v) is 6.65. The SMILES string of the molecule is C=C(C)c1ccc(NCc2nc3cc(C(=O)N(CCC(=O)OC(C)OC(=O)OC(C)C)c4ccccn4)ccc3n2C)cc1. The largest absolute Gasteiger partial charge is 0.511 e. The number of ether oxygens (including phenoxy) is 3. The molecule has 2 heterocycles. The minimum Gasteiger partial charge on any atom is -0.431 e. The van der Waals surface area contributed by atoms with Crippen LogP contribution in [0.3, 0.4) is 0 Å².